The molecule has 0 aromatic rings. The second-order valence-corrected chi connectivity index (χ2v) is 8.02. The van der Waals surface area contributed by atoms with Crippen LogP contribution in [0, 0.1) is 17.3 Å². The van der Waals surface area contributed by atoms with Crippen molar-refractivity contribution >= 4 is 17.7 Å². The third-order valence-corrected chi connectivity index (χ3v) is 6.75. The molecule has 3 nitrogen and oxygen atoms in total. The lowest BCUT2D eigenvalue weighted by Gasteiger charge is -2.47. The van der Waals surface area contributed by atoms with E-state index in [0.29, 0.717) is 17.9 Å². The van der Waals surface area contributed by atoms with Crippen LogP contribution in [-0.2, 0) is 4.79 Å². The van der Waals surface area contributed by atoms with Gasteiger partial charge >= 0.3 is 0 Å². The molecule has 0 aromatic carbocycles. The Hall–Kier alpha value is -0.220. The number of rotatable bonds is 2. The van der Waals surface area contributed by atoms with E-state index in [1.54, 1.807) is 0 Å². The molecule has 2 rings (SSSR count). The van der Waals surface area contributed by atoms with E-state index in [4.69, 9.17) is 5.73 Å². The fourth-order valence-corrected chi connectivity index (χ4v) is 4.81. The minimum absolute atomic E-state index is 0.00869. The van der Waals surface area contributed by atoms with Crippen molar-refractivity contribution in [1.82, 2.24) is 4.90 Å². The van der Waals surface area contributed by atoms with Gasteiger partial charge in [-0.3, -0.25) is 4.79 Å². The summed E-state index contributed by atoms with van der Waals surface area (Å²) in [4.78, 5) is 14.9. The summed E-state index contributed by atoms with van der Waals surface area (Å²) < 4.78 is 0. The topological polar surface area (TPSA) is 46.3 Å². The van der Waals surface area contributed by atoms with Gasteiger partial charge in [-0.1, -0.05) is 20.8 Å². The quantitative estimate of drug-likeness (QED) is 0.846. The Balaban J connectivity index is 2.09. The second kappa shape index (κ2) is 5.65. The van der Waals surface area contributed by atoms with Crippen LogP contribution in [0.2, 0.25) is 0 Å². The molecule has 0 aromatic heterocycles. The number of carbonyl (C=O) groups is 1. The van der Waals surface area contributed by atoms with Crippen LogP contribution in [0.1, 0.15) is 40.0 Å². The van der Waals surface area contributed by atoms with Crippen molar-refractivity contribution in [2.45, 2.75) is 52.1 Å². The maximum atomic E-state index is 12.8. The van der Waals surface area contributed by atoms with E-state index in [9.17, 15) is 4.79 Å². The molecular formula is C15H28N2OS. The summed E-state index contributed by atoms with van der Waals surface area (Å²) >= 11 is 1.96. The number of carbonyl (C=O) groups excluding carboxylic acids is 1. The summed E-state index contributed by atoms with van der Waals surface area (Å²) in [5.74, 6) is 3.18. The second-order valence-electron chi connectivity index (χ2n) is 6.87. The molecule has 110 valence electrons. The van der Waals surface area contributed by atoms with Crippen LogP contribution in [0.3, 0.4) is 0 Å². The molecule has 2 fully saturated rings. The molecule has 1 saturated carbocycles. The van der Waals surface area contributed by atoms with E-state index < -0.39 is 0 Å². The Bertz CT molecular complexity index is 339. The fourth-order valence-electron chi connectivity index (χ4n) is 3.55. The van der Waals surface area contributed by atoms with E-state index in [0.717, 1.165) is 25.0 Å². The largest absolute Gasteiger partial charge is 0.342 e. The van der Waals surface area contributed by atoms with Gasteiger partial charge in [0.05, 0.1) is 0 Å². The zero-order chi connectivity index (χ0) is 14.2. The van der Waals surface area contributed by atoms with Gasteiger partial charge in [0.2, 0.25) is 5.91 Å². The van der Waals surface area contributed by atoms with E-state index in [2.05, 4.69) is 20.8 Å². The summed E-state index contributed by atoms with van der Waals surface area (Å²) in [5, 5.41) is 0. The minimum atomic E-state index is 0.00869. The fraction of sp³-hybridized carbons (Fsp3) is 0.933. The van der Waals surface area contributed by atoms with Crippen molar-refractivity contribution < 1.29 is 4.79 Å². The highest BCUT2D eigenvalue weighted by molar-refractivity contribution is 7.99. The van der Waals surface area contributed by atoms with Gasteiger partial charge in [-0.15, -0.1) is 0 Å². The van der Waals surface area contributed by atoms with Crippen molar-refractivity contribution in [2.24, 2.45) is 23.0 Å². The lowest BCUT2D eigenvalue weighted by molar-refractivity contribution is -0.143. The Morgan fingerprint density at radius 3 is 2.58 bits per heavy atom. The SMILES string of the molecule is CC1C(N)CCC(C(=O)N(C)C2CCSC2)C1(C)C. The van der Waals surface area contributed by atoms with Gasteiger partial charge < -0.3 is 10.6 Å². The van der Waals surface area contributed by atoms with Crippen LogP contribution < -0.4 is 5.73 Å². The van der Waals surface area contributed by atoms with Crippen LogP contribution in [0.15, 0.2) is 0 Å². The van der Waals surface area contributed by atoms with Gasteiger partial charge in [0, 0.05) is 30.8 Å². The van der Waals surface area contributed by atoms with E-state index >= 15 is 0 Å². The zero-order valence-electron chi connectivity index (χ0n) is 12.7. The molecule has 4 unspecified atom stereocenters. The molecule has 4 atom stereocenters. The molecule has 1 heterocycles. The molecule has 19 heavy (non-hydrogen) atoms. The van der Waals surface area contributed by atoms with Gasteiger partial charge in [0.25, 0.3) is 0 Å². The smallest absolute Gasteiger partial charge is 0.226 e. The lowest BCUT2D eigenvalue weighted by atomic mass is 9.60. The van der Waals surface area contributed by atoms with Gasteiger partial charge in [-0.25, -0.2) is 0 Å². The van der Waals surface area contributed by atoms with Crippen molar-refractivity contribution in [1.29, 1.82) is 0 Å². The molecule has 4 heteroatoms. The average molecular weight is 284 g/mol. The first kappa shape index (κ1) is 15.2. The first-order chi connectivity index (χ1) is 8.85. The highest BCUT2D eigenvalue weighted by atomic mass is 32.2. The first-order valence-corrected chi connectivity index (χ1v) is 8.61. The molecular weight excluding hydrogens is 256 g/mol. The third-order valence-electron chi connectivity index (χ3n) is 5.60. The van der Waals surface area contributed by atoms with Crippen molar-refractivity contribution in [2.75, 3.05) is 18.6 Å². The highest BCUT2D eigenvalue weighted by Gasteiger charge is 2.46. The monoisotopic (exact) mass is 284 g/mol. The predicted molar refractivity (Wildman–Crippen MR) is 82.1 cm³/mol. The van der Waals surface area contributed by atoms with Gasteiger partial charge in [-0.2, -0.15) is 11.8 Å². The molecule has 0 bridgehead atoms. The van der Waals surface area contributed by atoms with Crippen LogP contribution in [-0.4, -0.2) is 41.4 Å². The zero-order valence-corrected chi connectivity index (χ0v) is 13.5. The average Bonchev–Trinajstić information content (AvgIpc) is 2.88. The van der Waals surface area contributed by atoms with Crippen molar-refractivity contribution in [3.05, 3.63) is 0 Å². The Morgan fingerprint density at radius 2 is 2.00 bits per heavy atom. The maximum Gasteiger partial charge on any atom is 0.226 e. The Labute approximate surface area is 121 Å². The molecule has 2 aliphatic rings. The molecule has 1 saturated heterocycles. The summed E-state index contributed by atoms with van der Waals surface area (Å²) in [6.07, 6.45) is 3.07. The maximum absolute atomic E-state index is 12.8. The molecule has 1 aliphatic heterocycles. The van der Waals surface area contributed by atoms with Crippen LogP contribution in [0.25, 0.3) is 0 Å². The van der Waals surface area contributed by atoms with Gasteiger partial charge in [-0.05, 0) is 36.3 Å². The Morgan fingerprint density at radius 1 is 1.32 bits per heavy atom. The third kappa shape index (κ3) is 2.80. The summed E-state index contributed by atoms with van der Waals surface area (Å²) in [5.41, 5.74) is 6.19. The summed E-state index contributed by atoms with van der Waals surface area (Å²) in [6, 6.07) is 0.686. The number of nitrogens with zero attached hydrogens (tertiary/aromatic N) is 1. The van der Waals surface area contributed by atoms with Crippen LogP contribution in [0.5, 0.6) is 0 Å². The van der Waals surface area contributed by atoms with E-state index in [1.807, 2.05) is 23.7 Å². The Kier molecular flexibility index (Phi) is 4.51. The number of thioether (sulfide) groups is 1. The number of hydrogen-bond acceptors (Lipinski definition) is 3. The van der Waals surface area contributed by atoms with Gasteiger partial charge in [0.1, 0.15) is 0 Å². The minimum Gasteiger partial charge on any atom is -0.342 e. The molecule has 2 N–H and O–H groups in total. The van der Waals surface area contributed by atoms with E-state index in [-0.39, 0.29) is 17.4 Å². The summed E-state index contributed by atoms with van der Waals surface area (Å²) in [6.45, 7) is 6.64. The first-order valence-electron chi connectivity index (χ1n) is 7.45. The number of nitrogens with two attached hydrogens (primary N) is 1. The summed E-state index contributed by atoms with van der Waals surface area (Å²) in [7, 11) is 1.99. The van der Waals surface area contributed by atoms with Gasteiger partial charge in [0.15, 0.2) is 0 Å². The van der Waals surface area contributed by atoms with Crippen LogP contribution >= 0.6 is 11.8 Å². The van der Waals surface area contributed by atoms with Crippen molar-refractivity contribution in [3.63, 3.8) is 0 Å². The standard InChI is InChI=1S/C15H28N2OS/c1-10-13(16)6-5-12(15(10,2)3)14(18)17(4)11-7-8-19-9-11/h10-13H,5-9,16H2,1-4H3. The van der Waals surface area contributed by atoms with Crippen LogP contribution in [0.4, 0.5) is 0 Å². The number of hydrogen-bond donors (Lipinski definition) is 1. The van der Waals surface area contributed by atoms with Crippen molar-refractivity contribution in [3.8, 4) is 0 Å². The highest BCUT2D eigenvalue weighted by Crippen LogP contribution is 2.45. The molecule has 0 radical (unpaired) electrons. The molecule has 1 aliphatic carbocycles. The molecule has 0 spiro atoms. The lowest BCUT2D eigenvalue weighted by Crippen LogP contribution is -2.53. The molecule has 1 amide bonds. The normalized spacial score (nSPS) is 38.2. The number of amides is 1. The predicted octanol–water partition coefficient (Wildman–Crippen LogP) is 2.35. The van der Waals surface area contributed by atoms with E-state index in [1.165, 1.54) is 5.75 Å².